The van der Waals surface area contributed by atoms with Crippen LogP contribution in [0.5, 0.6) is 0 Å². The summed E-state index contributed by atoms with van der Waals surface area (Å²) in [6.45, 7) is 0. The van der Waals surface area contributed by atoms with Crippen molar-refractivity contribution in [1.29, 1.82) is 0 Å². The summed E-state index contributed by atoms with van der Waals surface area (Å²) >= 11 is 0. The molecule has 11 aromatic rings. The van der Waals surface area contributed by atoms with Crippen LogP contribution < -0.4 is 4.90 Å². The molecule has 0 N–H and O–H groups in total. The van der Waals surface area contributed by atoms with Crippen LogP contribution in [0.4, 0.5) is 17.1 Å². The first kappa shape index (κ1) is 31.2. The number of para-hydroxylation sites is 3. The first-order valence-corrected chi connectivity index (χ1v) is 18.8. The van der Waals surface area contributed by atoms with Crippen molar-refractivity contribution in [2.24, 2.45) is 0 Å². The highest BCUT2D eigenvalue weighted by atomic mass is 16.3. The smallest absolute Gasteiger partial charge is 0.143 e. The zero-order chi connectivity index (χ0) is 36.3. The Hall–Kier alpha value is -7.36. The molecule has 0 unspecified atom stereocenters. The van der Waals surface area contributed by atoms with Crippen LogP contribution >= 0.6 is 0 Å². The van der Waals surface area contributed by atoms with Gasteiger partial charge in [0, 0.05) is 38.5 Å². The van der Waals surface area contributed by atoms with Gasteiger partial charge in [-0.15, -0.1) is 0 Å². The van der Waals surface area contributed by atoms with Gasteiger partial charge in [-0.2, -0.15) is 0 Å². The first-order valence-electron chi connectivity index (χ1n) is 18.8. The molecular weight excluding hydrogens is 669 g/mol. The summed E-state index contributed by atoms with van der Waals surface area (Å²) < 4.78 is 9.08. The fourth-order valence-electron chi connectivity index (χ4n) is 8.49. The number of benzene rings is 9. The van der Waals surface area contributed by atoms with Gasteiger partial charge in [-0.3, -0.25) is 0 Å². The summed E-state index contributed by atoms with van der Waals surface area (Å²) in [6, 6.07) is 73.9. The molecule has 2 heterocycles. The fraction of sp³-hybridized carbons (Fsp3) is 0. The Kier molecular flexibility index (Phi) is 7.17. The Morgan fingerprint density at radius 1 is 0.400 bits per heavy atom. The second kappa shape index (κ2) is 12.6. The summed E-state index contributed by atoms with van der Waals surface area (Å²) in [6.07, 6.45) is 0. The maximum atomic E-state index is 6.72. The third-order valence-electron chi connectivity index (χ3n) is 11.0. The SMILES string of the molecule is c1ccc(-c2ccccc2N(c2cccc(-c3ccc4c(c3)c3ccccc3n4-c3ccccc3)c2)c2cccc3oc4c5ccccc5ccc4c23)cc1. The molecule has 0 atom stereocenters. The average Bonchev–Trinajstić information content (AvgIpc) is 3.81. The summed E-state index contributed by atoms with van der Waals surface area (Å²) in [5, 5.41) is 6.94. The lowest BCUT2D eigenvalue weighted by molar-refractivity contribution is 0.672. The number of hydrogen-bond donors (Lipinski definition) is 0. The maximum Gasteiger partial charge on any atom is 0.143 e. The molecule has 0 aliphatic heterocycles. The monoisotopic (exact) mass is 702 g/mol. The number of fused-ring (bicyclic) bond motifs is 8. The van der Waals surface area contributed by atoms with E-state index in [4.69, 9.17) is 4.42 Å². The van der Waals surface area contributed by atoms with Gasteiger partial charge >= 0.3 is 0 Å². The Morgan fingerprint density at radius 3 is 1.96 bits per heavy atom. The molecule has 0 amide bonds. The summed E-state index contributed by atoms with van der Waals surface area (Å²) in [5.74, 6) is 0. The molecule has 3 heteroatoms. The van der Waals surface area contributed by atoms with Crippen molar-refractivity contribution in [3.63, 3.8) is 0 Å². The van der Waals surface area contributed by atoms with Gasteiger partial charge in [0.25, 0.3) is 0 Å². The van der Waals surface area contributed by atoms with E-state index < -0.39 is 0 Å². The minimum absolute atomic E-state index is 0.863. The van der Waals surface area contributed by atoms with Crippen LogP contribution in [0.2, 0.25) is 0 Å². The van der Waals surface area contributed by atoms with Crippen LogP contribution in [0.1, 0.15) is 0 Å². The normalized spacial score (nSPS) is 11.6. The highest BCUT2D eigenvalue weighted by molar-refractivity contribution is 6.20. The zero-order valence-electron chi connectivity index (χ0n) is 29.9. The molecular formula is C52H34N2O. The minimum atomic E-state index is 0.863. The van der Waals surface area contributed by atoms with Crippen LogP contribution in [0, 0.1) is 0 Å². The molecule has 2 aromatic heterocycles. The largest absolute Gasteiger partial charge is 0.455 e. The van der Waals surface area contributed by atoms with E-state index in [1.165, 1.54) is 32.8 Å². The molecule has 11 rings (SSSR count). The Bertz CT molecular complexity index is 3210. The number of furan rings is 1. The Labute approximate surface area is 318 Å². The molecule has 0 saturated carbocycles. The van der Waals surface area contributed by atoms with E-state index in [2.05, 4.69) is 216 Å². The molecule has 3 nitrogen and oxygen atoms in total. The minimum Gasteiger partial charge on any atom is -0.455 e. The van der Waals surface area contributed by atoms with Crippen molar-refractivity contribution < 1.29 is 4.42 Å². The molecule has 258 valence electrons. The van der Waals surface area contributed by atoms with Gasteiger partial charge in [-0.05, 0) is 88.8 Å². The molecule has 0 radical (unpaired) electrons. The van der Waals surface area contributed by atoms with Gasteiger partial charge in [0.15, 0.2) is 0 Å². The molecule has 0 saturated heterocycles. The van der Waals surface area contributed by atoms with E-state index in [0.717, 1.165) is 66.8 Å². The third kappa shape index (κ3) is 5.05. The van der Waals surface area contributed by atoms with Gasteiger partial charge in [0.2, 0.25) is 0 Å². The van der Waals surface area contributed by atoms with Gasteiger partial charge in [0.1, 0.15) is 11.2 Å². The second-order valence-electron chi connectivity index (χ2n) is 14.1. The third-order valence-corrected chi connectivity index (χ3v) is 11.0. The average molecular weight is 703 g/mol. The fourth-order valence-corrected chi connectivity index (χ4v) is 8.49. The Balaban J connectivity index is 1.14. The van der Waals surface area contributed by atoms with E-state index in [1.807, 2.05) is 0 Å². The van der Waals surface area contributed by atoms with E-state index in [1.54, 1.807) is 0 Å². The number of aromatic nitrogens is 1. The lowest BCUT2D eigenvalue weighted by atomic mass is 9.99. The van der Waals surface area contributed by atoms with E-state index in [9.17, 15) is 0 Å². The van der Waals surface area contributed by atoms with Crippen LogP contribution in [0.3, 0.4) is 0 Å². The lowest BCUT2D eigenvalue weighted by Gasteiger charge is -2.29. The predicted molar refractivity (Wildman–Crippen MR) is 231 cm³/mol. The highest BCUT2D eigenvalue weighted by Crippen LogP contribution is 2.47. The maximum absolute atomic E-state index is 6.72. The number of nitrogens with zero attached hydrogens (tertiary/aromatic N) is 2. The zero-order valence-corrected chi connectivity index (χ0v) is 29.9. The number of hydrogen-bond acceptors (Lipinski definition) is 2. The van der Waals surface area contributed by atoms with Crippen LogP contribution in [0.15, 0.2) is 211 Å². The highest BCUT2D eigenvalue weighted by Gasteiger charge is 2.23. The van der Waals surface area contributed by atoms with E-state index in [0.29, 0.717) is 0 Å². The first-order chi connectivity index (χ1) is 27.3. The quantitative estimate of drug-likeness (QED) is 0.172. The van der Waals surface area contributed by atoms with Crippen LogP contribution in [-0.2, 0) is 0 Å². The molecule has 55 heavy (non-hydrogen) atoms. The predicted octanol–water partition coefficient (Wildman–Crippen LogP) is 14.6. The lowest BCUT2D eigenvalue weighted by Crippen LogP contribution is -2.11. The van der Waals surface area contributed by atoms with Crippen molar-refractivity contribution in [2.45, 2.75) is 0 Å². The number of rotatable bonds is 6. The summed E-state index contributed by atoms with van der Waals surface area (Å²) in [7, 11) is 0. The van der Waals surface area contributed by atoms with Gasteiger partial charge in [0.05, 0.1) is 27.8 Å². The second-order valence-corrected chi connectivity index (χ2v) is 14.1. The van der Waals surface area contributed by atoms with Crippen LogP contribution in [0.25, 0.3) is 82.5 Å². The van der Waals surface area contributed by atoms with Crippen molar-refractivity contribution in [2.75, 3.05) is 4.90 Å². The van der Waals surface area contributed by atoms with Crippen molar-refractivity contribution in [1.82, 2.24) is 4.57 Å². The van der Waals surface area contributed by atoms with Crippen LogP contribution in [-0.4, -0.2) is 4.57 Å². The topological polar surface area (TPSA) is 21.3 Å². The number of anilines is 3. The Morgan fingerprint density at radius 2 is 1.07 bits per heavy atom. The van der Waals surface area contributed by atoms with Crippen molar-refractivity contribution >= 4 is 71.6 Å². The molecule has 0 fully saturated rings. The standard InChI is InChI=1S/C52H34N2O/c1-3-15-35(16-4-1)41-22-9-11-25-46(41)54(49-27-14-28-50-51(49)44-31-29-36-17-7-8-23-42(36)52(44)55-50)40-21-13-18-37(33-40)38-30-32-48-45(34-38)43-24-10-12-26-47(43)53(48)39-19-5-2-6-20-39/h1-34H. The van der Waals surface area contributed by atoms with Crippen molar-refractivity contribution in [3.05, 3.63) is 206 Å². The molecule has 9 aromatic carbocycles. The van der Waals surface area contributed by atoms with E-state index in [-0.39, 0.29) is 0 Å². The molecule has 0 aliphatic carbocycles. The molecule has 0 aliphatic rings. The van der Waals surface area contributed by atoms with Crippen molar-refractivity contribution in [3.8, 4) is 27.9 Å². The van der Waals surface area contributed by atoms with Gasteiger partial charge in [-0.1, -0.05) is 140 Å². The molecule has 0 bridgehead atoms. The van der Waals surface area contributed by atoms with E-state index >= 15 is 0 Å². The molecule has 0 spiro atoms. The van der Waals surface area contributed by atoms with Gasteiger partial charge < -0.3 is 13.9 Å². The summed E-state index contributed by atoms with van der Waals surface area (Å²) in [4.78, 5) is 2.41. The van der Waals surface area contributed by atoms with Gasteiger partial charge in [-0.25, -0.2) is 0 Å². The summed E-state index contributed by atoms with van der Waals surface area (Å²) in [5.41, 5.74) is 13.2.